The Kier molecular flexibility index (Phi) is 12.1. The summed E-state index contributed by atoms with van der Waals surface area (Å²) in [6.45, 7) is 5.52. The number of hydrogen-bond donors (Lipinski definition) is 0. The average molecular weight is 600 g/mol. The van der Waals surface area contributed by atoms with Gasteiger partial charge in [-0.2, -0.15) is 4.57 Å². The van der Waals surface area contributed by atoms with E-state index < -0.39 is 0 Å². The number of unbranched alkanes of at least 4 members (excludes halogenated alkanes) is 8. The van der Waals surface area contributed by atoms with Crippen molar-refractivity contribution in [2.75, 3.05) is 0 Å². The molecule has 4 heteroatoms. The molecule has 0 amide bonds. The lowest BCUT2D eigenvalue weighted by molar-refractivity contribution is -0.678. The van der Waals surface area contributed by atoms with Crippen molar-refractivity contribution >= 4 is 17.2 Å². The first-order valence-electron chi connectivity index (χ1n) is 13.9. The van der Waals surface area contributed by atoms with Gasteiger partial charge < -0.3 is 33.1 Å². The van der Waals surface area contributed by atoms with Crippen LogP contribution in [0, 0.1) is 0 Å². The fourth-order valence-corrected chi connectivity index (χ4v) is 5.12. The van der Waals surface area contributed by atoms with Gasteiger partial charge in [0.2, 0.25) is 5.58 Å². The van der Waals surface area contributed by atoms with Gasteiger partial charge in [-0.1, -0.05) is 95.5 Å². The quantitative estimate of drug-likeness (QED) is 0.127. The second kappa shape index (κ2) is 15.2. The van der Waals surface area contributed by atoms with E-state index in [1.165, 1.54) is 75.3 Å². The van der Waals surface area contributed by atoms with Gasteiger partial charge in [-0.25, -0.2) is 0 Å². The highest BCUT2D eigenvalue weighted by molar-refractivity contribution is 5.69. The lowest BCUT2D eigenvalue weighted by Crippen LogP contribution is -3.00. The molecule has 0 bridgehead atoms. The van der Waals surface area contributed by atoms with Crippen LogP contribution in [0.3, 0.4) is 0 Å². The summed E-state index contributed by atoms with van der Waals surface area (Å²) in [7, 11) is 0. The van der Waals surface area contributed by atoms with Crippen LogP contribution in [0.5, 0.6) is 5.75 Å². The summed E-state index contributed by atoms with van der Waals surface area (Å²) >= 11 is 0. The third-order valence-electron chi connectivity index (χ3n) is 7.08. The lowest BCUT2D eigenvalue weighted by Gasteiger charge is -2.10. The van der Waals surface area contributed by atoms with E-state index in [1.807, 2.05) is 6.07 Å². The number of para-hydroxylation sites is 3. The first-order valence-corrected chi connectivity index (χ1v) is 13.9. The summed E-state index contributed by atoms with van der Waals surface area (Å²) in [5.74, 6) is 3.32. The third kappa shape index (κ3) is 7.47. The Morgan fingerprint density at radius 1 is 0.806 bits per heavy atom. The van der Waals surface area contributed by atoms with E-state index in [0.717, 1.165) is 35.9 Å². The lowest BCUT2D eigenvalue weighted by atomic mass is 9.92. The first kappa shape index (κ1) is 28.5. The summed E-state index contributed by atoms with van der Waals surface area (Å²) in [6.07, 6.45) is 20.3. The predicted octanol–water partition coefficient (Wildman–Crippen LogP) is 6.13. The van der Waals surface area contributed by atoms with Crippen molar-refractivity contribution in [3.8, 4) is 5.75 Å². The highest BCUT2D eigenvalue weighted by atomic mass is 127. The Balaban J connectivity index is 0.00000361. The maximum Gasteiger partial charge on any atom is 0.374 e. The summed E-state index contributed by atoms with van der Waals surface area (Å²) < 4.78 is 14.9. The molecule has 0 radical (unpaired) electrons. The molecule has 0 N–H and O–H groups in total. The number of hydrogen-bond acceptors (Lipinski definition) is 2. The molecule has 194 valence electrons. The van der Waals surface area contributed by atoms with Crippen molar-refractivity contribution in [1.82, 2.24) is 0 Å². The number of rotatable bonds is 14. The first-order chi connectivity index (χ1) is 17.3. The van der Waals surface area contributed by atoms with Crippen LogP contribution in [0.4, 0.5) is 0 Å². The molecule has 2 aromatic carbocycles. The number of ether oxygens (including phenoxy) is 1. The van der Waals surface area contributed by atoms with Crippen LogP contribution < -0.4 is 33.3 Å². The van der Waals surface area contributed by atoms with Crippen molar-refractivity contribution in [2.24, 2.45) is 0 Å². The minimum Gasteiger partial charge on any atom is -1.00 e. The second-order valence-corrected chi connectivity index (χ2v) is 9.80. The Hall–Kier alpha value is -2.08. The van der Waals surface area contributed by atoms with Gasteiger partial charge in [0.15, 0.2) is 6.54 Å². The van der Waals surface area contributed by atoms with Crippen molar-refractivity contribution in [2.45, 2.75) is 96.9 Å². The number of oxazole rings is 1. The SMILES string of the molecule is CCCCCCCC1/C(=C\C=C\c2oc3ccccc3[n+]2CCCCCCC)Oc2ccccc21.[I-]. The molecule has 0 fully saturated rings. The van der Waals surface area contributed by atoms with Crippen molar-refractivity contribution < 1.29 is 37.7 Å². The van der Waals surface area contributed by atoms with Gasteiger partial charge in [-0.3, -0.25) is 0 Å². The summed E-state index contributed by atoms with van der Waals surface area (Å²) in [6, 6.07) is 16.9. The van der Waals surface area contributed by atoms with Gasteiger partial charge >= 0.3 is 5.89 Å². The molecule has 1 atom stereocenters. The Morgan fingerprint density at radius 2 is 1.50 bits per heavy atom. The fourth-order valence-electron chi connectivity index (χ4n) is 5.12. The molecule has 1 aliphatic rings. The molecule has 0 spiro atoms. The molecule has 36 heavy (non-hydrogen) atoms. The standard InChI is InChI=1S/C32H42NO2.HI/c1-3-5-7-9-11-18-26-27-19-12-14-21-29(27)34-30(26)23-17-24-32-33(25-16-10-8-6-4-2)28-20-13-15-22-31(28)35-32;/h12-15,17,19-24,26H,3-11,16,18,25H2,1-2H3;1H/q+1;/p-1/b24-17+,30-23+;. The largest absolute Gasteiger partial charge is 1.00 e. The highest BCUT2D eigenvalue weighted by Gasteiger charge is 2.28. The van der Waals surface area contributed by atoms with Gasteiger partial charge in [-0.05, 0) is 37.1 Å². The minimum absolute atomic E-state index is 0. The van der Waals surface area contributed by atoms with Gasteiger partial charge in [-0.15, -0.1) is 0 Å². The van der Waals surface area contributed by atoms with Crippen molar-refractivity contribution in [3.63, 3.8) is 0 Å². The van der Waals surface area contributed by atoms with Crippen LogP contribution in [-0.4, -0.2) is 0 Å². The molecule has 3 nitrogen and oxygen atoms in total. The van der Waals surface area contributed by atoms with E-state index in [4.69, 9.17) is 9.15 Å². The van der Waals surface area contributed by atoms with Gasteiger partial charge in [0.1, 0.15) is 11.5 Å². The molecular formula is C32H42INO2. The maximum absolute atomic E-state index is 6.30. The van der Waals surface area contributed by atoms with E-state index in [2.05, 4.69) is 79.1 Å². The molecule has 4 rings (SSSR count). The molecule has 1 unspecified atom stereocenters. The van der Waals surface area contributed by atoms with E-state index >= 15 is 0 Å². The van der Waals surface area contributed by atoms with E-state index in [0.29, 0.717) is 5.92 Å². The molecule has 0 saturated heterocycles. The van der Waals surface area contributed by atoms with Gasteiger partial charge in [0.05, 0.1) is 6.08 Å². The molecule has 3 aromatic rings. The van der Waals surface area contributed by atoms with Crippen LogP contribution in [0.25, 0.3) is 17.2 Å². The van der Waals surface area contributed by atoms with Gasteiger partial charge in [0, 0.05) is 24.0 Å². The molecule has 2 heterocycles. The number of benzene rings is 2. The zero-order valence-electron chi connectivity index (χ0n) is 22.1. The van der Waals surface area contributed by atoms with Crippen LogP contribution >= 0.6 is 0 Å². The molecule has 0 aliphatic carbocycles. The second-order valence-electron chi connectivity index (χ2n) is 9.80. The van der Waals surface area contributed by atoms with E-state index in [9.17, 15) is 0 Å². The topological polar surface area (TPSA) is 26.2 Å². The van der Waals surface area contributed by atoms with E-state index in [-0.39, 0.29) is 24.0 Å². The highest BCUT2D eigenvalue weighted by Crippen LogP contribution is 2.43. The van der Waals surface area contributed by atoms with Crippen molar-refractivity contribution in [3.05, 3.63) is 77.9 Å². The van der Waals surface area contributed by atoms with Crippen LogP contribution in [0.15, 0.2) is 70.9 Å². The monoisotopic (exact) mass is 599 g/mol. The molecule has 1 aromatic heterocycles. The number of halogens is 1. The van der Waals surface area contributed by atoms with Crippen LogP contribution in [0.2, 0.25) is 0 Å². The number of aryl methyl sites for hydroxylation is 1. The van der Waals surface area contributed by atoms with E-state index in [1.54, 1.807) is 0 Å². The summed E-state index contributed by atoms with van der Waals surface area (Å²) in [4.78, 5) is 0. The Morgan fingerprint density at radius 3 is 2.31 bits per heavy atom. The van der Waals surface area contributed by atoms with Crippen LogP contribution in [0.1, 0.15) is 102 Å². The zero-order valence-corrected chi connectivity index (χ0v) is 24.2. The smallest absolute Gasteiger partial charge is 0.374 e. The van der Waals surface area contributed by atoms with Crippen LogP contribution in [-0.2, 0) is 6.54 Å². The maximum atomic E-state index is 6.30. The zero-order chi connectivity index (χ0) is 24.3. The Labute approximate surface area is 234 Å². The summed E-state index contributed by atoms with van der Waals surface area (Å²) in [5.41, 5.74) is 3.45. The summed E-state index contributed by atoms with van der Waals surface area (Å²) in [5, 5.41) is 0. The molecular weight excluding hydrogens is 557 g/mol. The van der Waals surface area contributed by atoms with Crippen molar-refractivity contribution in [1.29, 1.82) is 0 Å². The normalized spacial score (nSPS) is 15.9. The Bertz CT molecular complexity index is 1130. The predicted molar refractivity (Wildman–Crippen MR) is 145 cm³/mol. The average Bonchev–Trinajstić information content (AvgIpc) is 3.41. The molecule has 0 saturated carbocycles. The minimum atomic E-state index is 0. The number of allylic oxidation sites excluding steroid dienone is 3. The fraction of sp³-hybridized carbons (Fsp3) is 0.469. The van der Waals surface area contributed by atoms with Gasteiger partial charge in [0.25, 0.3) is 5.52 Å². The molecule has 1 aliphatic heterocycles. The number of aromatic nitrogens is 1. The third-order valence-corrected chi connectivity index (χ3v) is 7.08. The number of nitrogens with zero attached hydrogens (tertiary/aromatic N) is 1. The number of fused-ring (bicyclic) bond motifs is 2.